The predicted molar refractivity (Wildman–Crippen MR) is 122 cm³/mol. The summed E-state index contributed by atoms with van der Waals surface area (Å²) in [6.45, 7) is 3.92. The highest BCUT2D eigenvalue weighted by molar-refractivity contribution is 7.98. The van der Waals surface area contributed by atoms with Crippen LogP contribution in [-0.2, 0) is 20.6 Å². The first-order valence-corrected chi connectivity index (χ1v) is 12.3. The number of sulfonamides is 1. The van der Waals surface area contributed by atoms with Crippen LogP contribution in [0.15, 0.2) is 60.0 Å². The highest BCUT2D eigenvalue weighted by Gasteiger charge is 2.25. The van der Waals surface area contributed by atoms with Crippen LogP contribution in [0.1, 0.15) is 25.0 Å². The molecule has 0 saturated carbocycles. The van der Waals surface area contributed by atoms with E-state index in [2.05, 4.69) is 10.0 Å². The van der Waals surface area contributed by atoms with Gasteiger partial charge in [-0.2, -0.15) is 16.5 Å². The van der Waals surface area contributed by atoms with Gasteiger partial charge in [-0.3, -0.25) is 4.79 Å². The second-order valence-corrected chi connectivity index (χ2v) is 9.74. The van der Waals surface area contributed by atoms with Crippen molar-refractivity contribution in [2.45, 2.75) is 25.6 Å². The van der Waals surface area contributed by atoms with Gasteiger partial charge in [-0.25, -0.2) is 12.8 Å². The molecule has 30 heavy (non-hydrogen) atoms. The number of nitrogens with one attached hydrogen (secondary N) is 2. The Morgan fingerprint density at radius 1 is 1.10 bits per heavy atom. The third-order valence-corrected chi connectivity index (χ3v) is 6.33. The number of halogens is 1. The molecular weight excluding hydrogens is 423 g/mol. The van der Waals surface area contributed by atoms with Crippen molar-refractivity contribution in [3.8, 4) is 0 Å². The Kier molecular flexibility index (Phi) is 9.55. The molecule has 5 nitrogen and oxygen atoms in total. The molecule has 2 aromatic carbocycles. The molecule has 0 radical (unpaired) electrons. The van der Waals surface area contributed by atoms with Crippen molar-refractivity contribution in [1.82, 2.24) is 10.0 Å². The third kappa shape index (κ3) is 8.30. The van der Waals surface area contributed by atoms with Gasteiger partial charge in [0, 0.05) is 23.5 Å². The third-order valence-electron chi connectivity index (χ3n) is 4.24. The quantitative estimate of drug-likeness (QED) is 0.511. The molecule has 1 amide bonds. The Balaban J connectivity index is 1.83. The van der Waals surface area contributed by atoms with Gasteiger partial charge in [-0.15, -0.1) is 0 Å². The zero-order chi connectivity index (χ0) is 22.0. The monoisotopic (exact) mass is 450 g/mol. The molecule has 0 aromatic heterocycles. The molecular formula is C22H27FN2O3S2. The lowest BCUT2D eigenvalue weighted by Gasteiger charge is -2.20. The zero-order valence-electron chi connectivity index (χ0n) is 17.0. The lowest BCUT2D eigenvalue weighted by molar-refractivity contribution is -0.123. The minimum atomic E-state index is -3.78. The van der Waals surface area contributed by atoms with Crippen molar-refractivity contribution in [2.75, 3.05) is 12.3 Å². The molecule has 0 aliphatic carbocycles. The normalized spacial score (nSPS) is 12.9. The fourth-order valence-electron chi connectivity index (χ4n) is 2.59. The number of amides is 1. The van der Waals surface area contributed by atoms with E-state index >= 15 is 0 Å². The largest absolute Gasteiger partial charge is 0.354 e. The summed E-state index contributed by atoms with van der Waals surface area (Å²) in [5.74, 6) is 0.245. The highest BCUT2D eigenvalue weighted by Crippen LogP contribution is 2.15. The average molecular weight is 451 g/mol. The summed E-state index contributed by atoms with van der Waals surface area (Å²) in [4.78, 5) is 12.5. The van der Waals surface area contributed by atoms with Crippen molar-refractivity contribution in [3.63, 3.8) is 0 Å². The summed E-state index contributed by atoms with van der Waals surface area (Å²) in [6.07, 6.45) is 1.48. The van der Waals surface area contributed by atoms with E-state index < -0.39 is 16.1 Å². The van der Waals surface area contributed by atoms with Gasteiger partial charge in [0.15, 0.2) is 0 Å². The lowest BCUT2D eigenvalue weighted by atomic mass is 10.1. The number of carbonyl (C=O) groups excluding carboxylic acids is 1. The van der Waals surface area contributed by atoms with Crippen LogP contribution >= 0.6 is 11.8 Å². The van der Waals surface area contributed by atoms with Crippen LogP contribution in [0.4, 0.5) is 4.39 Å². The van der Waals surface area contributed by atoms with Crippen LogP contribution in [0.2, 0.25) is 0 Å². The second-order valence-electron chi connectivity index (χ2n) is 7.03. The summed E-state index contributed by atoms with van der Waals surface area (Å²) in [7, 11) is -3.78. The summed E-state index contributed by atoms with van der Waals surface area (Å²) >= 11 is 1.50. The first-order valence-electron chi connectivity index (χ1n) is 9.63. The molecule has 0 bridgehead atoms. The molecule has 0 unspecified atom stereocenters. The fourth-order valence-corrected chi connectivity index (χ4v) is 4.59. The van der Waals surface area contributed by atoms with E-state index in [1.54, 1.807) is 44.2 Å². The van der Waals surface area contributed by atoms with Gasteiger partial charge in [0.05, 0.1) is 0 Å². The molecule has 2 rings (SSSR count). The van der Waals surface area contributed by atoms with Gasteiger partial charge in [-0.1, -0.05) is 62.4 Å². The minimum Gasteiger partial charge on any atom is -0.354 e. The predicted octanol–water partition coefficient (Wildman–Crippen LogP) is 3.79. The van der Waals surface area contributed by atoms with Gasteiger partial charge in [0.1, 0.15) is 11.9 Å². The van der Waals surface area contributed by atoms with E-state index in [0.717, 1.165) is 11.0 Å². The van der Waals surface area contributed by atoms with Crippen LogP contribution < -0.4 is 10.0 Å². The van der Waals surface area contributed by atoms with Crippen molar-refractivity contribution < 1.29 is 17.6 Å². The van der Waals surface area contributed by atoms with Gasteiger partial charge in [0.25, 0.3) is 0 Å². The maximum atomic E-state index is 13.6. The van der Waals surface area contributed by atoms with Crippen molar-refractivity contribution >= 4 is 33.8 Å². The summed E-state index contributed by atoms with van der Waals surface area (Å²) in [6, 6.07) is 14.7. The fraction of sp³-hybridized carbons (Fsp3) is 0.318. The molecule has 0 saturated heterocycles. The molecule has 0 aliphatic heterocycles. The van der Waals surface area contributed by atoms with Gasteiger partial charge < -0.3 is 5.32 Å². The SMILES string of the molecule is CC(C)[C@H](NS(=O)(=O)/C=C/c1ccccc1)C(=O)NCCSCc1ccccc1F. The number of carbonyl (C=O) groups is 1. The van der Waals surface area contributed by atoms with E-state index in [1.807, 2.05) is 18.2 Å². The van der Waals surface area contributed by atoms with Gasteiger partial charge >= 0.3 is 0 Å². The van der Waals surface area contributed by atoms with E-state index in [4.69, 9.17) is 0 Å². The Morgan fingerprint density at radius 3 is 2.43 bits per heavy atom. The topological polar surface area (TPSA) is 75.3 Å². The number of hydrogen-bond acceptors (Lipinski definition) is 4. The summed E-state index contributed by atoms with van der Waals surface area (Å²) in [5, 5.41) is 3.82. The van der Waals surface area contributed by atoms with E-state index in [0.29, 0.717) is 23.6 Å². The van der Waals surface area contributed by atoms with Crippen LogP contribution in [0.5, 0.6) is 0 Å². The van der Waals surface area contributed by atoms with Crippen LogP contribution in [0, 0.1) is 11.7 Å². The Bertz CT molecular complexity index is 948. The van der Waals surface area contributed by atoms with Crippen LogP contribution in [0.3, 0.4) is 0 Å². The Labute approximate surface area is 182 Å². The molecule has 162 valence electrons. The average Bonchev–Trinajstić information content (AvgIpc) is 2.72. The highest BCUT2D eigenvalue weighted by atomic mass is 32.2. The molecule has 8 heteroatoms. The van der Waals surface area contributed by atoms with E-state index in [1.165, 1.54) is 23.9 Å². The summed E-state index contributed by atoms with van der Waals surface area (Å²) in [5.41, 5.74) is 1.37. The van der Waals surface area contributed by atoms with E-state index in [9.17, 15) is 17.6 Å². The minimum absolute atomic E-state index is 0.226. The van der Waals surface area contributed by atoms with Crippen LogP contribution in [0.25, 0.3) is 6.08 Å². The maximum absolute atomic E-state index is 13.6. The lowest BCUT2D eigenvalue weighted by Crippen LogP contribution is -2.49. The molecule has 1 atom stereocenters. The van der Waals surface area contributed by atoms with Crippen molar-refractivity contribution in [3.05, 3.63) is 76.9 Å². The Hall–Kier alpha value is -2.16. The number of benzene rings is 2. The Morgan fingerprint density at radius 2 is 1.77 bits per heavy atom. The first-order chi connectivity index (χ1) is 14.3. The molecule has 0 heterocycles. The number of rotatable bonds is 11. The van der Waals surface area contributed by atoms with E-state index in [-0.39, 0.29) is 17.6 Å². The van der Waals surface area contributed by atoms with Crippen molar-refractivity contribution in [1.29, 1.82) is 0 Å². The smallest absolute Gasteiger partial charge is 0.238 e. The molecule has 0 fully saturated rings. The number of hydrogen-bond donors (Lipinski definition) is 2. The summed E-state index contributed by atoms with van der Waals surface area (Å²) < 4.78 is 40.8. The molecule has 2 aromatic rings. The maximum Gasteiger partial charge on any atom is 0.238 e. The second kappa shape index (κ2) is 11.9. The van der Waals surface area contributed by atoms with Gasteiger partial charge in [0.2, 0.25) is 15.9 Å². The standard InChI is InChI=1S/C22H27FN2O3S2/c1-17(2)21(25-30(27,28)15-12-18-8-4-3-5-9-18)22(26)24-13-14-29-16-19-10-6-7-11-20(19)23/h3-12,15,17,21,25H,13-14,16H2,1-2H3,(H,24,26)/b15-12+/t21-/m0/s1. The first kappa shape index (κ1) is 24.1. The van der Waals surface area contributed by atoms with Crippen molar-refractivity contribution in [2.24, 2.45) is 5.92 Å². The molecule has 0 aliphatic rings. The number of thioether (sulfide) groups is 1. The molecule has 2 N–H and O–H groups in total. The van der Waals surface area contributed by atoms with Crippen LogP contribution in [-0.4, -0.2) is 32.7 Å². The van der Waals surface area contributed by atoms with Gasteiger partial charge in [-0.05, 0) is 29.2 Å². The molecule has 0 spiro atoms. The zero-order valence-corrected chi connectivity index (χ0v) is 18.7.